The summed E-state index contributed by atoms with van der Waals surface area (Å²) in [5, 5.41) is 1.21. The van der Waals surface area contributed by atoms with Crippen molar-refractivity contribution in [2.75, 3.05) is 0 Å². The van der Waals surface area contributed by atoms with Crippen molar-refractivity contribution < 1.29 is 22.4 Å². The Bertz CT molecular complexity index is 1390. The standard InChI is InChI=1S/C23H15O6P/c24-23-22(14-17-13-16-11-12-26-20(16)15-21(17)27-23)30(25,28-18-7-3-1-4-8-18)29-19-9-5-2-6-10-19/h1-15H. The molecule has 0 spiro atoms. The Hall–Kier alpha value is -3.76. The molecular weight excluding hydrogens is 403 g/mol. The second-order valence-corrected chi connectivity index (χ2v) is 8.42. The highest BCUT2D eigenvalue weighted by atomic mass is 31.2. The van der Waals surface area contributed by atoms with Gasteiger partial charge >= 0.3 is 13.2 Å². The zero-order chi connectivity index (χ0) is 20.6. The van der Waals surface area contributed by atoms with Crippen LogP contribution in [0.1, 0.15) is 0 Å². The molecule has 0 fully saturated rings. The summed E-state index contributed by atoms with van der Waals surface area (Å²) < 4.78 is 36.2. The molecule has 5 aromatic rings. The molecule has 0 aliphatic carbocycles. The van der Waals surface area contributed by atoms with E-state index in [1.807, 2.05) is 0 Å². The Kier molecular flexibility index (Phi) is 4.42. The average molecular weight is 418 g/mol. The van der Waals surface area contributed by atoms with E-state index in [1.54, 1.807) is 85.1 Å². The quantitative estimate of drug-likeness (QED) is 0.276. The van der Waals surface area contributed by atoms with E-state index >= 15 is 0 Å². The lowest BCUT2D eigenvalue weighted by Crippen LogP contribution is -2.28. The van der Waals surface area contributed by atoms with Crippen LogP contribution in [0.3, 0.4) is 0 Å². The molecule has 3 aromatic carbocycles. The van der Waals surface area contributed by atoms with Crippen LogP contribution in [0.2, 0.25) is 0 Å². The third kappa shape index (κ3) is 3.38. The van der Waals surface area contributed by atoms with Gasteiger partial charge in [-0.15, -0.1) is 0 Å². The lowest BCUT2D eigenvalue weighted by molar-refractivity contribution is 0.397. The first-order valence-electron chi connectivity index (χ1n) is 9.16. The lowest BCUT2D eigenvalue weighted by Gasteiger charge is -2.19. The van der Waals surface area contributed by atoms with E-state index < -0.39 is 13.2 Å². The van der Waals surface area contributed by atoms with Gasteiger partial charge in [-0.05, 0) is 42.5 Å². The van der Waals surface area contributed by atoms with Gasteiger partial charge in [0.25, 0.3) is 0 Å². The monoisotopic (exact) mass is 418 g/mol. The maximum Gasteiger partial charge on any atom is 0.470 e. The third-order valence-electron chi connectivity index (χ3n) is 4.52. The highest BCUT2D eigenvalue weighted by Crippen LogP contribution is 2.47. The van der Waals surface area contributed by atoms with E-state index in [4.69, 9.17) is 17.9 Å². The molecule has 0 N–H and O–H groups in total. The highest BCUT2D eigenvalue weighted by molar-refractivity contribution is 7.63. The van der Waals surface area contributed by atoms with Crippen LogP contribution in [0.4, 0.5) is 0 Å². The van der Waals surface area contributed by atoms with Crippen molar-refractivity contribution in [3.8, 4) is 11.5 Å². The fourth-order valence-electron chi connectivity index (χ4n) is 3.12. The number of fused-ring (bicyclic) bond motifs is 2. The molecule has 30 heavy (non-hydrogen) atoms. The van der Waals surface area contributed by atoms with E-state index in [9.17, 15) is 9.36 Å². The highest BCUT2D eigenvalue weighted by Gasteiger charge is 2.36. The van der Waals surface area contributed by atoms with Crippen molar-refractivity contribution in [1.29, 1.82) is 0 Å². The molecule has 2 aromatic heterocycles. The minimum atomic E-state index is -4.13. The first-order chi connectivity index (χ1) is 14.6. The van der Waals surface area contributed by atoms with E-state index in [1.165, 1.54) is 6.07 Å². The lowest BCUT2D eigenvalue weighted by atomic mass is 10.2. The SMILES string of the molecule is O=c1oc2cc3occc3cc2cc1P(=O)(Oc1ccccc1)Oc1ccccc1. The van der Waals surface area contributed by atoms with Crippen LogP contribution < -0.4 is 20.0 Å². The minimum absolute atomic E-state index is 0.189. The summed E-state index contributed by atoms with van der Waals surface area (Å²) in [4.78, 5) is 12.8. The van der Waals surface area contributed by atoms with Crippen LogP contribution in [0, 0.1) is 0 Å². The van der Waals surface area contributed by atoms with Crippen LogP contribution in [-0.2, 0) is 4.57 Å². The van der Waals surface area contributed by atoms with Crippen molar-refractivity contribution in [2.24, 2.45) is 0 Å². The fraction of sp³-hybridized carbons (Fsp3) is 0. The van der Waals surface area contributed by atoms with Crippen LogP contribution in [0.25, 0.3) is 21.9 Å². The van der Waals surface area contributed by atoms with Gasteiger partial charge in [-0.3, -0.25) is 0 Å². The van der Waals surface area contributed by atoms with E-state index in [-0.39, 0.29) is 5.30 Å². The molecule has 0 saturated heterocycles. The molecule has 7 heteroatoms. The Morgan fingerprint density at radius 1 is 0.700 bits per heavy atom. The molecule has 0 atom stereocenters. The van der Waals surface area contributed by atoms with Gasteiger partial charge in [0.05, 0.1) is 6.26 Å². The van der Waals surface area contributed by atoms with Gasteiger partial charge in [0.1, 0.15) is 22.7 Å². The summed E-state index contributed by atoms with van der Waals surface area (Å²) in [6, 6.07) is 23.8. The Labute approximate surface area is 170 Å². The Balaban J connectivity index is 1.68. The summed E-state index contributed by atoms with van der Waals surface area (Å²) in [5.74, 6) is 0.614. The van der Waals surface area contributed by atoms with E-state index in [0.717, 1.165) is 5.39 Å². The molecule has 5 rings (SSSR count). The van der Waals surface area contributed by atoms with Crippen molar-refractivity contribution >= 4 is 34.8 Å². The Morgan fingerprint density at radius 3 is 1.97 bits per heavy atom. The second-order valence-electron chi connectivity index (χ2n) is 6.57. The molecule has 0 radical (unpaired) electrons. The largest absolute Gasteiger partial charge is 0.470 e. The number of benzene rings is 3. The summed E-state index contributed by atoms with van der Waals surface area (Å²) in [6.45, 7) is 0. The molecular formula is C23H15O6P. The molecule has 0 aliphatic heterocycles. The predicted molar refractivity (Wildman–Crippen MR) is 114 cm³/mol. The molecule has 0 bridgehead atoms. The second kappa shape index (κ2) is 7.25. The average Bonchev–Trinajstić information content (AvgIpc) is 3.20. The van der Waals surface area contributed by atoms with Crippen molar-refractivity contribution in [2.45, 2.75) is 0 Å². The smallest absolute Gasteiger partial charge is 0.464 e. The van der Waals surface area contributed by atoms with Gasteiger partial charge in [-0.2, -0.15) is 0 Å². The zero-order valence-corrected chi connectivity index (χ0v) is 16.5. The summed E-state index contributed by atoms with van der Waals surface area (Å²) in [7, 11) is -4.13. The molecule has 0 unspecified atom stereocenters. The summed E-state index contributed by atoms with van der Waals surface area (Å²) >= 11 is 0. The summed E-state index contributed by atoms with van der Waals surface area (Å²) in [5.41, 5.74) is 0.100. The molecule has 0 saturated carbocycles. The number of rotatable bonds is 5. The van der Waals surface area contributed by atoms with Gasteiger partial charge in [-0.25, -0.2) is 9.36 Å². The van der Waals surface area contributed by atoms with Crippen molar-refractivity contribution in [3.05, 3.63) is 102 Å². The zero-order valence-electron chi connectivity index (χ0n) is 15.6. The number of hydrogen-bond donors (Lipinski definition) is 0. The predicted octanol–water partition coefficient (Wildman–Crippen LogP) is 5.52. The van der Waals surface area contributed by atoms with Crippen LogP contribution in [0.5, 0.6) is 11.5 Å². The maximum absolute atomic E-state index is 13.9. The van der Waals surface area contributed by atoms with Gasteiger partial charge in [0.2, 0.25) is 0 Å². The van der Waals surface area contributed by atoms with E-state index in [0.29, 0.717) is 28.1 Å². The number of furan rings is 1. The third-order valence-corrected chi connectivity index (χ3v) is 6.33. The molecule has 0 amide bonds. The maximum atomic E-state index is 13.9. The topological polar surface area (TPSA) is 78.9 Å². The molecule has 2 heterocycles. The molecule has 148 valence electrons. The first-order valence-corrected chi connectivity index (χ1v) is 10.7. The van der Waals surface area contributed by atoms with Crippen molar-refractivity contribution in [3.63, 3.8) is 0 Å². The Morgan fingerprint density at radius 2 is 1.33 bits per heavy atom. The van der Waals surface area contributed by atoms with Crippen molar-refractivity contribution in [1.82, 2.24) is 0 Å². The van der Waals surface area contributed by atoms with Gasteiger partial charge in [0, 0.05) is 16.8 Å². The summed E-state index contributed by atoms with van der Waals surface area (Å²) in [6.07, 6.45) is 1.55. The normalized spacial score (nSPS) is 11.6. The van der Waals surface area contributed by atoms with Gasteiger partial charge < -0.3 is 17.9 Å². The van der Waals surface area contributed by atoms with Crippen LogP contribution in [-0.4, -0.2) is 0 Å². The molecule has 6 nitrogen and oxygen atoms in total. The number of para-hydroxylation sites is 2. The minimum Gasteiger partial charge on any atom is -0.464 e. The van der Waals surface area contributed by atoms with Crippen LogP contribution in [0.15, 0.2) is 105 Å². The van der Waals surface area contributed by atoms with E-state index in [2.05, 4.69) is 0 Å². The number of hydrogen-bond acceptors (Lipinski definition) is 6. The van der Waals surface area contributed by atoms with Crippen LogP contribution >= 0.6 is 7.60 Å². The molecule has 0 aliphatic rings. The first kappa shape index (κ1) is 18.3. The van der Waals surface area contributed by atoms with Gasteiger partial charge in [0.15, 0.2) is 5.30 Å². The van der Waals surface area contributed by atoms with Gasteiger partial charge in [-0.1, -0.05) is 36.4 Å². The fourth-order valence-corrected chi connectivity index (χ4v) is 4.72.